The molecule has 13 atom stereocenters. The molecule has 6 N–H and O–H groups in total. The number of esters is 1. The van der Waals surface area contributed by atoms with Crippen LogP contribution in [0.3, 0.4) is 0 Å². The van der Waals surface area contributed by atoms with Crippen LogP contribution in [0, 0.1) is 41.4 Å². The van der Waals surface area contributed by atoms with Gasteiger partial charge in [0, 0.05) is 36.0 Å². The number of nitrogens with two attached hydrogens (primary N) is 1. The second kappa shape index (κ2) is 19.3. The van der Waals surface area contributed by atoms with Crippen molar-refractivity contribution in [3.05, 3.63) is 59.7 Å². The van der Waals surface area contributed by atoms with Gasteiger partial charge in [0.2, 0.25) is 0 Å². The van der Waals surface area contributed by atoms with Crippen LogP contribution in [0.5, 0.6) is 0 Å². The Labute approximate surface area is 281 Å². The van der Waals surface area contributed by atoms with Crippen molar-refractivity contribution in [3.8, 4) is 0 Å². The molecule has 10 nitrogen and oxygen atoms in total. The average Bonchev–Trinajstić information content (AvgIpc) is 3.03. The number of hydrogen-bond donors (Lipinski definition) is 5. The fourth-order valence-corrected chi connectivity index (χ4v) is 6.52. The van der Waals surface area contributed by atoms with Gasteiger partial charge in [-0.25, -0.2) is 4.79 Å². The molecule has 2 rings (SSSR count). The van der Waals surface area contributed by atoms with E-state index in [1.54, 1.807) is 26.0 Å². The average molecular weight is 662 g/mol. The van der Waals surface area contributed by atoms with Crippen molar-refractivity contribution in [1.82, 2.24) is 0 Å². The smallest absolute Gasteiger partial charge is 0.404 e. The third-order valence-corrected chi connectivity index (χ3v) is 9.60. The van der Waals surface area contributed by atoms with Crippen LogP contribution in [0.4, 0.5) is 4.79 Å². The van der Waals surface area contributed by atoms with E-state index in [1.165, 1.54) is 0 Å². The molecule has 1 fully saturated rings. The maximum atomic E-state index is 12.0. The Bertz CT molecular complexity index is 1160. The minimum atomic E-state index is -0.900. The first-order valence-electron chi connectivity index (χ1n) is 16.9. The highest BCUT2D eigenvalue weighted by molar-refractivity contribution is 5.73. The number of allylic oxidation sites excluding steroid dienone is 1. The Morgan fingerprint density at radius 2 is 1.62 bits per heavy atom. The Morgan fingerprint density at radius 3 is 2.23 bits per heavy atom. The molecule has 0 saturated carbocycles. The van der Waals surface area contributed by atoms with Gasteiger partial charge < -0.3 is 40.4 Å². The van der Waals surface area contributed by atoms with Crippen molar-refractivity contribution >= 4 is 12.1 Å². The summed E-state index contributed by atoms with van der Waals surface area (Å²) in [5.74, 6) is -2.64. The van der Waals surface area contributed by atoms with E-state index in [1.807, 2.05) is 78.0 Å². The third-order valence-electron chi connectivity index (χ3n) is 9.60. The van der Waals surface area contributed by atoms with Crippen LogP contribution < -0.4 is 5.73 Å². The number of rotatable bonds is 18. The minimum Gasteiger partial charge on any atom is -0.462 e. The number of benzene rings is 1. The topological polar surface area (TPSA) is 169 Å². The lowest BCUT2D eigenvalue weighted by molar-refractivity contribution is -0.179. The molecule has 1 aliphatic heterocycles. The molecular formula is C37H59NO9. The number of cyclic esters (lactones) is 1. The maximum Gasteiger partial charge on any atom is 0.404 e. The Hall–Kier alpha value is -2.76. The fraction of sp³-hybridized carbons (Fsp3) is 0.676. The largest absolute Gasteiger partial charge is 0.462 e. The lowest BCUT2D eigenvalue weighted by Gasteiger charge is -2.36. The van der Waals surface area contributed by atoms with Gasteiger partial charge in [-0.05, 0) is 31.7 Å². The first-order chi connectivity index (χ1) is 22.0. The summed E-state index contributed by atoms with van der Waals surface area (Å²) in [6, 6.07) is 9.77. The molecule has 266 valence electrons. The normalized spacial score (nSPS) is 26.4. The summed E-state index contributed by atoms with van der Waals surface area (Å²) in [5, 5.41) is 43.1. The summed E-state index contributed by atoms with van der Waals surface area (Å²) in [6.45, 7) is 15.6. The molecule has 0 bridgehead atoms. The Morgan fingerprint density at radius 1 is 0.979 bits per heavy atom. The van der Waals surface area contributed by atoms with Crippen molar-refractivity contribution < 1.29 is 44.2 Å². The molecule has 1 aliphatic rings. The van der Waals surface area contributed by atoms with Crippen molar-refractivity contribution in [1.29, 1.82) is 0 Å². The number of aliphatic hydroxyl groups excluding tert-OH is 4. The molecule has 1 heterocycles. The summed E-state index contributed by atoms with van der Waals surface area (Å²) in [5.41, 5.74) is 7.43. The molecule has 1 aromatic rings. The van der Waals surface area contributed by atoms with E-state index in [-0.39, 0.29) is 36.0 Å². The van der Waals surface area contributed by atoms with Gasteiger partial charge in [-0.1, -0.05) is 95.7 Å². The van der Waals surface area contributed by atoms with E-state index < -0.39 is 60.5 Å². The first kappa shape index (κ1) is 40.4. The predicted molar refractivity (Wildman–Crippen MR) is 181 cm³/mol. The zero-order valence-electron chi connectivity index (χ0n) is 29.4. The van der Waals surface area contributed by atoms with Crippen molar-refractivity contribution in [2.24, 2.45) is 47.2 Å². The molecular weight excluding hydrogens is 602 g/mol. The standard InChI is InChI=1S/C37H59NO9/c1-21(16-23(3)32(40)22(2)14-15-30(39)18-31-26(6)34(42)28(8)36(43)46-31)17-24(4)33(41)27(7)35(47-37(38)44)25(5)19-45-20-29-12-10-9-11-13-29/h9-16,22-28,30-35,39-42H,17-20H2,1-8H3,(H2,38,44)/b15-14-,21-16-/t22-,23-,24+,25-,26+,27+,28+,30-,31-,32-,33+,34+,35-/m0/s1. The van der Waals surface area contributed by atoms with Gasteiger partial charge in [0.05, 0.1) is 43.5 Å². The molecule has 0 radical (unpaired) electrons. The van der Waals surface area contributed by atoms with Crippen LogP contribution in [0.15, 0.2) is 54.1 Å². The molecule has 0 spiro atoms. The Balaban J connectivity index is 1.92. The third kappa shape index (κ3) is 12.7. The van der Waals surface area contributed by atoms with E-state index in [9.17, 15) is 30.0 Å². The van der Waals surface area contributed by atoms with Crippen LogP contribution in [-0.2, 0) is 25.6 Å². The highest BCUT2D eigenvalue weighted by atomic mass is 16.6. The minimum absolute atomic E-state index is 0.161. The monoisotopic (exact) mass is 661 g/mol. The van der Waals surface area contributed by atoms with Gasteiger partial charge >= 0.3 is 12.1 Å². The molecule has 1 aromatic carbocycles. The lowest BCUT2D eigenvalue weighted by atomic mass is 9.81. The van der Waals surface area contributed by atoms with E-state index in [2.05, 4.69) is 0 Å². The summed E-state index contributed by atoms with van der Waals surface area (Å²) >= 11 is 0. The zero-order chi connectivity index (χ0) is 35.4. The quantitative estimate of drug-likeness (QED) is 0.110. The molecule has 0 aromatic heterocycles. The molecule has 1 amide bonds. The van der Waals surface area contributed by atoms with E-state index in [0.29, 0.717) is 19.6 Å². The highest BCUT2D eigenvalue weighted by Gasteiger charge is 2.41. The molecule has 0 unspecified atom stereocenters. The zero-order valence-corrected chi connectivity index (χ0v) is 29.4. The van der Waals surface area contributed by atoms with Gasteiger partial charge in [-0.3, -0.25) is 4.79 Å². The number of carbonyl (C=O) groups is 2. The number of ether oxygens (including phenoxy) is 3. The second-order valence-electron chi connectivity index (χ2n) is 13.9. The van der Waals surface area contributed by atoms with Crippen molar-refractivity contribution in [3.63, 3.8) is 0 Å². The van der Waals surface area contributed by atoms with Crippen LogP contribution >= 0.6 is 0 Å². The Kier molecular flexibility index (Phi) is 16.6. The van der Waals surface area contributed by atoms with E-state index in [0.717, 1.165) is 11.1 Å². The van der Waals surface area contributed by atoms with Gasteiger partial charge in [0.25, 0.3) is 0 Å². The highest BCUT2D eigenvalue weighted by Crippen LogP contribution is 2.30. The molecule has 0 aliphatic carbocycles. The number of primary amides is 1. The summed E-state index contributed by atoms with van der Waals surface area (Å²) in [4.78, 5) is 23.8. The number of aliphatic hydroxyl groups is 4. The molecule has 10 heteroatoms. The van der Waals surface area contributed by atoms with Crippen LogP contribution in [0.25, 0.3) is 0 Å². The van der Waals surface area contributed by atoms with Gasteiger partial charge in [0.15, 0.2) is 0 Å². The van der Waals surface area contributed by atoms with Crippen molar-refractivity contribution in [2.45, 2.75) is 111 Å². The van der Waals surface area contributed by atoms with Crippen LogP contribution in [0.1, 0.15) is 73.8 Å². The summed E-state index contributed by atoms with van der Waals surface area (Å²) in [6.07, 6.45) is 0.690. The van der Waals surface area contributed by atoms with Crippen molar-refractivity contribution in [2.75, 3.05) is 6.61 Å². The van der Waals surface area contributed by atoms with E-state index >= 15 is 0 Å². The van der Waals surface area contributed by atoms with Gasteiger partial charge in [0.1, 0.15) is 12.2 Å². The number of hydrogen-bond acceptors (Lipinski definition) is 9. The summed E-state index contributed by atoms with van der Waals surface area (Å²) in [7, 11) is 0. The number of amides is 1. The molecule has 47 heavy (non-hydrogen) atoms. The SMILES string of the molecule is C/C(=C/[C@H](C)[C@@H](O)[C@@H](C)/C=C\[C@H](O)C[C@@H]1OC(=O)[C@H](C)[C@H](O)[C@@H]1C)C[C@@H](C)[C@@H](O)[C@@H](C)[C@@H](OC(N)=O)[C@@H](C)COCc1ccccc1. The lowest BCUT2D eigenvalue weighted by Crippen LogP contribution is -2.47. The second-order valence-corrected chi connectivity index (χ2v) is 13.9. The van der Waals surface area contributed by atoms with Crippen LogP contribution in [-0.4, -0.2) is 75.7 Å². The number of carbonyl (C=O) groups excluding carboxylic acids is 2. The predicted octanol–water partition coefficient (Wildman–Crippen LogP) is 4.77. The summed E-state index contributed by atoms with van der Waals surface area (Å²) < 4.78 is 16.8. The van der Waals surface area contributed by atoms with Gasteiger partial charge in [-0.2, -0.15) is 0 Å². The maximum absolute atomic E-state index is 12.0. The van der Waals surface area contributed by atoms with Gasteiger partial charge in [-0.15, -0.1) is 0 Å². The van der Waals surface area contributed by atoms with Crippen LogP contribution in [0.2, 0.25) is 0 Å². The molecule has 1 saturated heterocycles. The fourth-order valence-electron chi connectivity index (χ4n) is 6.52. The first-order valence-corrected chi connectivity index (χ1v) is 16.9. The van der Waals surface area contributed by atoms with E-state index in [4.69, 9.17) is 19.9 Å².